The maximum absolute atomic E-state index is 13.2. The molecule has 17 nitrogen and oxygen atoms in total. The Hall–Kier alpha value is -1.94. The fraction of sp³-hybridized carbons (Fsp3) is 0.955. The Labute approximate surface area is 658 Å². The molecule has 0 saturated carbocycles. The summed E-state index contributed by atoms with van der Waals surface area (Å²) in [5.74, 6) is -0.596. The maximum Gasteiger partial charge on any atom is 0.472 e. The molecule has 6 atom stereocenters. The van der Waals surface area contributed by atoms with E-state index in [1.165, 1.54) is 283 Å². The molecule has 3 N–H and O–H groups in total. The van der Waals surface area contributed by atoms with Crippen LogP contribution in [0.5, 0.6) is 0 Å². The summed E-state index contributed by atoms with van der Waals surface area (Å²) in [6, 6.07) is 0. The van der Waals surface area contributed by atoms with E-state index in [9.17, 15) is 43.2 Å². The van der Waals surface area contributed by atoms with Crippen LogP contribution in [0.3, 0.4) is 0 Å². The summed E-state index contributed by atoms with van der Waals surface area (Å²) in [4.78, 5) is 73.3. The van der Waals surface area contributed by atoms with Crippen molar-refractivity contribution in [2.24, 2.45) is 11.8 Å². The van der Waals surface area contributed by atoms with Crippen LogP contribution < -0.4 is 0 Å². The van der Waals surface area contributed by atoms with Gasteiger partial charge >= 0.3 is 39.5 Å². The van der Waals surface area contributed by atoms with Gasteiger partial charge < -0.3 is 33.8 Å². The number of phosphoric ester groups is 2. The van der Waals surface area contributed by atoms with Crippen LogP contribution in [-0.4, -0.2) is 96.7 Å². The van der Waals surface area contributed by atoms with E-state index in [1.54, 1.807) is 0 Å². The second-order valence-corrected chi connectivity index (χ2v) is 35.3. The van der Waals surface area contributed by atoms with E-state index in [0.717, 1.165) is 108 Å². The van der Waals surface area contributed by atoms with Crippen molar-refractivity contribution in [1.29, 1.82) is 0 Å². The number of carbonyl (C=O) groups is 4. The monoisotopic (exact) mass is 1560 g/mol. The summed E-state index contributed by atoms with van der Waals surface area (Å²) < 4.78 is 68.9. The number of rotatable bonds is 87. The van der Waals surface area contributed by atoms with Gasteiger partial charge in [0.15, 0.2) is 12.2 Å². The second-order valence-electron chi connectivity index (χ2n) is 32.4. The minimum absolute atomic E-state index is 0.106. The van der Waals surface area contributed by atoms with Crippen LogP contribution in [0, 0.1) is 11.8 Å². The van der Waals surface area contributed by atoms with Gasteiger partial charge in [0, 0.05) is 25.7 Å². The molecule has 0 amide bonds. The highest BCUT2D eigenvalue weighted by Gasteiger charge is 2.31. The number of aliphatic hydroxyl groups excluding tert-OH is 1. The molecule has 3 unspecified atom stereocenters. The van der Waals surface area contributed by atoms with E-state index in [2.05, 4.69) is 41.5 Å². The number of hydrogen-bond acceptors (Lipinski definition) is 15. The number of carbonyl (C=O) groups excluding carboxylic acids is 4. The Kier molecular flexibility index (Phi) is 77.9. The molecule has 0 saturated heterocycles. The van der Waals surface area contributed by atoms with Crippen molar-refractivity contribution >= 4 is 39.5 Å². The van der Waals surface area contributed by atoms with Gasteiger partial charge in [-0.2, -0.15) is 0 Å². The molecule has 19 heteroatoms. The SMILES string of the molecule is CCCCCCCCCCCCCCCCCCCCCCCC(=O)OC[C@H](COP(=O)(O)OC[C@@H](O)COP(=O)(O)OC[C@@H](COC(=O)CCCCCCCCC(C)CC)OC(=O)CCCCCCCCCCCCCCC(C)C)OC(=O)CCCCCCCCCCCCCCCCCCCCCCC. The van der Waals surface area contributed by atoms with Crippen molar-refractivity contribution in [1.82, 2.24) is 0 Å². The molecule has 0 aliphatic heterocycles. The van der Waals surface area contributed by atoms with Crippen LogP contribution in [0.25, 0.3) is 0 Å². The third kappa shape index (κ3) is 80.5. The van der Waals surface area contributed by atoms with E-state index in [4.69, 9.17) is 37.0 Å². The van der Waals surface area contributed by atoms with Crippen LogP contribution in [-0.2, 0) is 65.4 Å². The smallest absolute Gasteiger partial charge is 0.462 e. The first kappa shape index (κ1) is 105. The normalized spacial score (nSPS) is 14.0. The average Bonchev–Trinajstić information content (AvgIpc) is 0.903. The van der Waals surface area contributed by atoms with Gasteiger partial charge in [0.2, 0.25) is 0 Å². The highest BCUT2D eigenvalue weighted by molar-refractivity contribution is 7.47. The quantitative estimate of drug-likeness (QED) is 0.0222. The summed E-state index contributed by atoms with van der Waals surface area (Å²) in [6.45, 7) is 9.64. The predicted molar refractivity (Wildman–Crippen MR) is 442 cm³/mol. The number of aliphatic hydroxyl groups is 1. The molecule has 0 aromatic heterocycles. The number of hydrogen-bond donors (Lipinski definition) is 3. The second kappa shape index (κ2) is 79.3. The van der Waals surface area contributed by atoms with Gasteiger partial charge in [-0.25, -0.2) is 9.13 Å². The Morgan fingerprint density at radius 3 is 0.710 bits per heavy atom. The zero-order valence-electron chi connectivity index (χ0n) is 70.5. The molecule has 0 radical (unpaired) electrons. The molecule has 0 aromatic rings. The van der Waals surface area contributed by atoms with Crippen LogP contribution in [0.4, 0.5) is 0 Å². The first-order valence-corrected chi connectivity index (χ1v) is 48.5. The fourth-order valence-corrected chi connectivity index (χ4v) is 15.3. The summed E-state index contributed by atoms with van der Waals surface area (Å²) in [5, 5.41) is 10.7. The standard InChI is InChI=1S/C88H172O17P2/c1-7-10-12-14-16-18-20-22-24-26-28-30-32-34-36-38-43-47-51-58-64-70-85(90)98-76-83(104-87(92)72-66-60-52-48-44-39-37-35-33-31-29-27-25-23-21-19-17-15-13-11-8-2)78-102-106(94,95)100-74-82(89)75-101-107(96,97)103-79-84(77-99-86(91)71-65-59-55-54-57-63-69-81(6)9-3)105-88(93)73-67-61-53-49-45-41-40-42-46-50-56-62-68-80(4)5/h80-84,89H,7-79H2,1-6H3,(H,94,95)(H,96,97)/t81?,82-,83-,84-/m1/s1. The highest BCUT2D eigenvalue weighted by Crippen LogP contribution is 2.45. The molecule has 636 valence electrons. The lowest BCUT2D eigenvalue weighted by molar-refractivity contribution is -0.161. The molecule has 0 spiro atoms. The first-order valence-electron chi connectivity index (χ1n) is 45.5. The Morgan fingerprint density at radius 1 is 0.271 bits per heavy atom. The van der Waals surface area contributed by atoms with Crippen molar-refractivity contribution in [2.75, 3.05) is 39.6 Å². The van der Waals surface area contributed by atoms with Crippen LogP contribution in [0.1, 0.15) is 472 Å². The number of phosphoric acid groups is 2. The average molecular weight is 1560 g/mol. The highest BCUT2D eigenvalue weighted by atomic mass is 31.2. The van der Waals surface area contributed by atoms with Gasteiger partial charge in [-0.3, -0.25) is 37.3 Å². The molecule has 0 heterocycles. The Bertz CT molecular complexity index is 2050. The molecule has 0 aliphatic carbocycles. The Balaban J connectivity index is 5.22. The van der Waals surface area contributed by atoms with E-state index < -0.39 is 97.5 Å². The topological polar surface area (TPSA) is 237 Å². The third-order valence-corrected chi connectivity index (χ3v) is 23.0. The van der Waals surface area contributed by atoms with E-state index in [-0.39, 0.29) is 25.7 Å². The lowest BCUT2D eigenvalue weighted by atomic mass is 10.00. The lowest BCUT2D eigenvalue weighted by Crippen LogP contribution is -2.30. The van der Waals surface area contributed by atoms with Crippen molar-refractivity contribution in [3.05, 3.63) is 0 Å². The van der Waals surface area contributed by atoms with Gasteiger partial charge in [0.1, 0.15) is 19.3 Å². The van der Waals surface area contributed by atoms with Crippen molar-refractivity contribution in [3.63, 3.8) is 0 Å². The van der Waals surface area contributed by atoms with E-state index >= 15 is 0 Å². The molecule has 0 aromatic carbocycles. The summed E-state index contributed by atoms with van der Waals surface area (Å²) in [7, 11) is -9.93. The van der Waals surface area contributed by atoms with Crippen LogP contribution in [0.2, 0.25) is 0 Å². The van der Waals surface area contributed by atoms with Crippen molar-refractivity contribution in [2.45, 2.75) is 490 Å². The van der Waals surface area contributed by atoms with Gasteiger partial charge in [0.25, 0.3) is 0 Å². The van der Waals surface area contributed by atoms with Gasteiger partial charge in [0.05, 0.1) is 26.4 Å². The largest absolute Gasteiger partial charge is 0.472 e. The molecular weight excluding hydrogens is 1390 g/mol. The lowest BCUT2D eigenvalue weighted by Gasteiger charge is -2.21. The van der Waals surface area contributed by atoms with E-state index in [1.807, 2.05) is 0 Å². The number of unbranched alkanes of at least 4 members (excludes halogenated alkanes) is 56. The minimum Gasteiger partial charge on any atom is -0.462 e. The van der Waals surface area contributed by atoms with Gasteiger partial charge in [-0.15, -0.1) is 0 Å². The summed E-state index contributed by atoms with van der Waals surface area (Å²) in [5.41, 5.74) is 0. The van der Waals surface area contributed by atoms with Gasteiger partial charge in [-0.1, -0.05) is 420 Å². The molecule has 0 aliphatic rings. The number of ether oxygens (including phenoxy) is 4. The number of esters is 4. The first-order chi connectivity index (χ1) is 51.9. The molecule has 0 fully saturated rings. The Morgan fingerprint density at radius 2 is 0.477 bits per heavy atom. The summed E-state index contributed by atoms with van der Waals surface area (Å²) in [6.07, 6.45) is 72.5. The van der Waals surface area contributed by atoms with E-state index in [0.29, 0.717) is 25.7 Å². The molecular formula is C88H172O17P2. The minimum atomic E-state index is -4.97. The fourth-order valence-electron chi connectivity index (χ4n) is 13.7. The summed E-state index contributed by atoms with van der Waals surface area (Å²) >= 11 is 0. The zero-order chi connectivity index (χ0) is 78.5. The predicted octanol–water partition coefficient (Wildman–Crippen LogP) is 27.0. The van der Waals surface area contributed by atoms with Crippen LogP contribution >= 0.6 is 15.6 Å². The van der Waals surface area contributed by atoms with Crippen molar-refractivity contribution < 1.29 is 80.2 Å². The molecule has 107 heavy (non-hydrogen) atoms. The van der Waals surface area contributed by atoms with Crippen LogP contribution in [0.15, 0.2) is 0 Å². The third-order valence-electron chi connectivity index (χ3n) is 21.1. The van der Waals surface area contributed by atoms with Gasteiger partial charge in [-0.05, 0) is 37.5 Å². The molecule has 0 bridgehead atoms. The molecule has 0 rings (SSSR count). The van der Waals surface area contributed by atoms with Crippen molar-refractivity contribution in [3.8, 4) is 0 Å². The zero-order valence-corrected chi connectivity index (χ0v) is 72.2. The maximum atomic E-state index is 13.2.